The Bertz CT molecular complexity index is 309. The molecule has 0 bridgehead atoms. The van der Waals surface area contributed by atoms with Gasteiger partial charge in [0.15, 0.2) is 0 Å². The maximum atomic E-state index is 5.65. The summed E-state index contributed by atoms with van der Waals surface area (Å²) in [5.74, 6) is 1.62. The Balaban J connectivity index is 2.21. The first kappa shape index (κ1) is 13.0. The topological polar surface area (TPSA) is 21.3 Å². The lowest BCUT2D eigenvalue weighted by Crippen LogP contribution is -2.33. The van der Waals surface area contributed by atoms with E-state index in [1.54, 1.807) is 0 Å². The molecule has 1 rings (SSSR count). The Hall–Kier alpha value is -1.02. The number of ether oxygens (including phenoxy) is 1. The van der Waals surface area contributed by atoms with Crippen LogP contribution in [0.1, 0.15) is 26.3 Å². The van der Waals surface area contributed by atoms with Crippen LogP contribution in [0.3, 0.4) is 0 Å². The molecule has 0 spiro atoms. The summed E-state index contributed by atoms with van der Waals surface area (Å²) in [7, 11) is 0. The van der Waals surface area contributed by atoms with Crippen LogP contribution in [-0.2, 0) is 0 Å². The van der Waals surface area contributed by atoms with Crippen molar-refractivity contribution in [1.29, 1.82) is 0 Å². The molecule has 0 amide bonds. The first-order valence-corrected chi connectivity index (χ1v) is 6.02. The number of hydrogen-bond acceptors (Lipinski definition) is 2. The van der Waals surface area contributed by atoms with E-state index < -0.39 is 0 Å². The Morgan fingerprint density at radius 1 is 1.25 bits per heavy atom. The van der Waals surface area contributed by atoms with Crippen LogP contribution in [-0.4, -0.2) is 19.2 Å². The van der Waals surface area contributed by atoms with Gasteiger partial charge < -0.3 is 10.1 Å². The molecule has 1 aromatic carbocycles. The highest BCUT2D eigenvalue weighted by Crippen LogP contribution is 2.11. The fraction of sp³-hybridized carbons (Fsp3) is 0.571. The molecular weight excluding hydrogens is 198 g/mol. The summed E-state index contributed by atoms with van der Waals surface area (Å²) < 4.78 is 5.65. The highest BCUT2D eigenvalue weighted by atomic mass is 16.5. The third-order valence-electron chi connectivity index (χ3n) is 2.83. The van der Waals surface area contributed by atoms with Crippen LogP contribution in [0.25, 0.3) is 0 Å². The lowest BCUT2D eigenvalue weighted by atomic mass is 10.1. The molecule has 1 unspecified atom stereocenters. The van der Waals surface area contributed by atoms with E-state index in [9.17, 15) is 0 Å². The molecule has 0 aliphatic heterocycles. The highest BCUT2D eigenvalue weighted by molar-refractivity contribution is 5.27. The van der Waals surface area contributed by atoms with Gasteiger partial charge in [0.1, 0.15) is 12.4 Å². The van der Waals surface area contributed by atoms with Crippen molar-refractivity contribution in [2.75, 3.05) is 13.2 Å². The van der Waals surface area contributed by atoms with Gasteiger partial charge in [-0.2, -0.15) is 0 Å². The smallest absolute Gasteiger partial charge is 0.119 e. The molecule has 1 N–H and O–H groups in total. The monoisotopic (exact) mass is 221 g/mol. The molecule has 16 heavy (non-hydrogen) atoms. The average molecular weight is 221 g/mol. The molecule has 0 heterocycles. The van der Waals surface area contributed by atoms with Gasteiger partial charge >= 0.3 is 0 Å². The Morgan fingerprint density at radius 2 is 2.00 bits per heavy atom. The minimum atomic E-state index is 0.543. The quantitative estimate of drug-likeness (QED) is 0.746. The normalized spacial score (nSPS) is 12.8. The number of aryl methyl sites for hydroxylation is 1. The molecule has 2 nitrogen and oxygen atoms in total. The van der Waals surface area contributed by atoms with Crippen LogP contribution in [0.2, 0.25) is 0 Å². The highest BCUT2D eigenvalue weighted by Gasteiger charge is 2.04. The van der Waals surface area contributed by atoms with Crippen LogP contribution in [0.15, 0.2) is 24.3 Å². The van der Waals surface area contributed by atoms with E-state index in [0.29, 0.717) is 12.0 Å². The van der Waals surface area contributed by atoms with Crippen molar-refractivity contribution in [2.24, 2.45) is 5.92 Å². The van der Waals surface area contributed by atoms with Gasteiger partial charge in [-0.3, -0.25) is 0 Å². The summed E-state index contributed by atoms with van der Waals surface area (Å²) in [4.78, 5) is 0. The largest absolute Gasteiger partial charge is 0.492 e. The lowest BCUT2D eigenvalue weighted by Gasteiger charge is -2.17. The SMILES string of the molecule is Cc1cccc(OCCNC(C)C(C)C)c1. The molecular formula is C14H23NO. The maximum Gasteiger partial charge on any atom is 0.119 e. The number of rotatable bonds is 6. The van der Waals surface area contributed by atoms with E-state index in [2.05, 4.69) is 45.1 Å². The second-order valence-corrected chi connectivity index (χ2v) is 4.65. The maximum absolute atomic E-state index is 5.65. The van der Waals surface area contributed by atoms with E-state index >= 15 is 0 Å². The summed E-state index contributed by atoms with van der Waals surface area (Å²) in [6.07, 6.45) is 0. The van der Waals surface area contributed by atoms with Crippen molar-refractivity contribution in [1.82, 2.24) is 5.32 Å². The predicted octanol–water partition coefficient (Wildman–Crippen LogP) is 3.01. The molecule has 0 aliphatic carbocycles. The molecule has 1 atom stereocenters. The molecule has 0 fully saturated rings. The van der Waals surface area contributed by atoms with Crippen molar-refractivity contribution in [3.05, 3.63) is 29.8 Å². The van der Waals surface area contributed by atoms with E-state index in [-0.39, 0.29) is 0 Å². The van der Waals surface area contributed by atoms with Gasteiger partial charge in [0, 0.05) is 12.6 Å². The summed E-state index contributed by atoms with van der Waals surface area (Å²) in [5.41, 5.74) is 1.24. The first-order chi connectivity index (χ1) is 7.59. The van der Waals surface area contributed by atoms with Gasteiger partial charge in [0.2, 0.25) is 0 Å². The summed E-state index contributed by atoms with van der Waals surface area (Å²) >= 11 is 0. The van der Waals surface area contributed by atoms with E-state index in [1.165, 1.54) is 5.56 Å². The van der Waals surface area contributed by atoms with Gasteiger partial charge in [0.05, 0.1) is 0 Å². The third kappa shape index (κ3) is 4.67. The third-order valence-corrected chi connectivity index (χ3v) is 2.83. The second kappa shape index (κ2) is 6.54. The molecule has 0 aromatic heterocycles. The lowest BCUT2D eigenvalue weighted by molar-refractivity contribution is 0.296. The molecule has 0 aliphatic rings. The van der Waals surface area contributed by atoms with Crippen LogP contribution in [0.4, 0.5) is 0 Å². The molecule has 90 valence electrons. The van der Waals surface area contributed by atoms with Crippen LogP contribution >= 0.6 is 0 Å². The summed E-state index contributed by atoms with van der Waals surface area (Å²) in [6, 6.07) is 8.70. The zero-order chi connectivity index (χ0) is 12.0. The van der Waals surface area contributed by atoms with Crippen molar-refractivity contribution in [3.63, 3.8) is 0 Å². The van der Waals surface area contributed by atoms with E-state index in [4.69, 9.17) is 4.74 Å². The van der Waals surface area contributed by atoms with E-state index in [0.717, 1.165) is 18.9 Å². The fourth-order valence-electron chi connectivity index (χ4n) is 1.40. The van der Waals surface area contributed by atoms with Crippen molar-refractivity contribution < 1.29 is 4.74 Å². The fourth-order valence-corrected chi connectivity index (χ4v) is 1.40. The molecule has 1 aromatic rings. The van der Waals surface area contributed by atoms with Crippen molar-refractivity contribution in [3.8, 4) is 5.75 Å². The molecule has 0 saturated heterocycles. The van der Waals surface area contributed by atoms with Crippen LogP contribution in [0.5, 0.6) is 5.75 Å². The van der Waals surface area contributed by atoms with Gasteiger partial charge in [0.25, 0.3) is 0 Å². The van der Waals surface area contributed by atoms with Gasteiger partial charge in [-0.05, 0) is 37.5 Å². The summed E-state index contributed by atoms with van der Waals surface area (Å²) in [6.45, 7) is 10.3. The molecule has 0 radical (unpaired) electrons. The van der Waals surface area contributed by atoms with Crippen LogP contribution < -0.4 is 10.1 Å². The van der Waals surface area contributed by atoms with Crippen molar-refractivity contribution >= 4 is 0 Å². The number of benzene rings is 1. The average Bonchev–Trinajstić information content (AvgIpc) is 2.24. The van der Waals surface area contributed by atoms with Gasteiger partial charge in [-0.1, -0.05) is 26.0 Å². The summed E-state index contributed by atoms with van der Waals surface area (Å²) in [5, 5.41) is 3.44. The number of nitrogens with one attached hydrogen (secondary N) is 1. The standard InChI is InChI=1S/C14H23NO/c1-11(2)13(4)15-8-9-16-14-7-5-6-12(3)10-14/h5-7,10-11,13,15H,8-9H2,1-4H3. The minimum Gasteiger partial charge on any atom is -0.492 e. The minimum absolute atomic E-state index is 0.543. The second-order valence-electron chi connectivity index (χ2n) is 4.65. The number of hydrogen-bond donors (Lipinski definition) is 1. The van der Waals surface area contributed by atoms with Gasteiger partial charge in [-0.15, -0.1) is 0 Å². The molecule has 2 heteroatoms. The van der Waals surface area contributed by atoms with E-state index in [1.807, 2.05) is 12.1 Å². The Morgan fingerprint density at radius 3 is 2.62 bits per heavy atom. The predicted molar refractivity (Wildman–Crippen MR) is 69.0 cm³/mol. The zero-order valence-corrected chi connectivity index (χ0v) is 10.8. The molecule has 0 saturated carbocycles. The zero-order valence-electron chi connectivity index (χ0n) is 10.8. The Labute approximate surface area is 99.0 Å². The van der Waals surface area contributed by atoms with Gasteiger partial charge in [-0.25, -0.2) is 0 Å². The first-order valence-electron chi connectivity index (χ1n) is 6.02. The Kier molecular flexibility index (Phi) is 5.33. The van der Waals surface area contributed by atoms with Crippen molar-refractivity contribution in [2.45, 2.75) is 33.7 Å². The van der Waals surface area contributed by atoms with Crippen LogP contribution in [0, 0.1) is 12.8 Å².